The summed E-state index contributed by atoms with van der Waals surface area (Å²) >= 11 is 1.05. The van der Waals surface area contributed by atoms with Crippen LogP contribution in [-0.4, -0.2) is 19.0 Å². The number of carbonyl (C=O) groups excluding carboxylic acids is 2. The summed E-state index contributed by atoms with van der Waals surface area (Å²) in [6.07, 6.45) is 0. The van der Waals surface area contributed by atoms with Crippen molar-refractivity contribution >= 4 is 28.9 Å². The minimum absolute atomic E-state index is 0.148. The van der Waals surface area contributed by atoms with Crippen LogP contribution in [0.5, 0.6) is 0 Å². The first-order valence-corrected chi connectivity index (χ1v) is 6.33. The van der Waals surface area contributed by atoms with E-state index >= 15 is 0 Å². The van der Waals surface area contributed by atoms with Crippen molar-refractivity contribution in [3.8, 4) is 0 Å². The van der Waals surface area contributed by atoms with Crippen LogP contribution in [0.3, 0.4) is 0 Å². The Balaban J connectivity index is 2.29. The van der Waals surface area contributed by atoms with E-state index in [9.17, 15) is 18.4 Å². The van der Waals surface area contributed by atoms with E-state index in [-0.39, 0.29) is 10.6 Å². The Morgan fingerprint density at radius 1 is 1.20 bits per heavy atom. The molecule has 1 aromatic carbocycles. The molecule has 20 heavy (non-hydrogen) atoms. The topological polar surface area (TPSA) is 55.4 Å². The lowest BCUT2D eigenvalue weighted by molar-refractivity contribution is 0.0607. The van der Waals surface area contributed by atoms with Gasteiger partial charge >= 0.3 is 5.97 Å². The van der Waals surface area contributed by atoms with E-state index in [0.29, 0.717) is 0 Å². The molecule has 2 rings (SSSR count). The third kappa shape index (κ3) is 2.67. The molecule has 1 heterocycles. The van der Waals surface area contributed by atoms with E-state index in [1.807, 2.05) is 0 Å². The number of esters is 1. The van der Waals surface area contributed by atoms with Gasteiger partial charge in [0.05, 0.1) is 12.8 Å². The molecule has 1 N–H and O–H groups in total. The molecule has 0 saturated heterocycles. The number of methoxy groups -OCH3 is 1. The van der Waals surface area contributed by atoms with Crippen molar-refractivity contribution in [3.05, 3.63) is 51.7 Å². The number of anilines is 1. The summed E-state index contributed by atoms with van der Waals surface area (Å²) in [4.78, 5) is 23.5. The molecule has 0 radical (unpaired) electrons. The summed E-state index contributed by atoms with van der Waals surface area (Å²) in [5.74, 6) is -3.55. The van der Waals surface area contributed by atoms with Crippen LogP contribution in [0.1, 0.15) is 20.0 Å². The molecule has 1 amide bonds. The zero-order chi connectivity index (χ0) is 14.7. The summed E-state index contributed by atoms with van der Waals surface area (Å²) in [7, 11) is 1.20. The number of hydrogen-bond acceptors (Lipinski definition) is 4. The Bertz CT molecular complexity index is 649. The molecular weight excluding hydrogens is 288 g/mol. The van der Waals surface area contributed by atoms with Crippen molar-refractivity contribution in [2.45, 2.75) is 0 Å². The molecule has 104 valence electrons. The van der Waals surface area contributed by atoms with E-state index < -0.39 is 29.1 Å². The van der Waals surface area contributed by atoms with Crippen LogP contribution in [0, 0.1) is 11.6 Å². The van der Waals surface area contributed by atoms with Gasteiger partial charge in [0.25, 0.3) is 5.91 Å². The number of halogens is 2. The lowest BCUT2D eigenvalue weighted by atomic mass is 10.2. The van der Waals surface area contributed by atoms with E-state index in [2.05, 4.69) is 10.1 Å². The molecule has 1 aromatic heterocycles. The highest BCUT2D eigenvalue weighted by atomic mass is 32.1. The second kappa shape index (κ2) is 5.79. The second-order valence-electron chi connectivity index (χ2n) is 3.71. The molecule has 0 bridgehead atoms. The number of amides is 1. The monoisotopic (exact) mass is 297 g/mol. The lowest BCUT2D eigenvalue weighted by Gasteiger charge is -2.07. The van der Waals surface area contributed by atoms with Gasteiger partial charge in [0.2, 0.25) is 0 Å². The largest absolute Gasteiger partial charge is 0.465 e. The molecule has 2 aromatic rings. The molecule has 0 atom stereocenters. The number of rotatable bonds is 3. The summed E-state index contributed by atoms with van der Waals surface area (Å²) < 4.78 is 31.5. The fourth-order valence-electron chi connectivity index (χ4n) is 1.56. The number of ether oxygens (including phenoxy) is 1. The van der Waals surface area contributed by atoms with Crippen molar-refractivity contribution in [1.29, 1.82) is 0 Å². The number of carbonyl (C=O) groups is 2. The summed E-state index contributed by atoms with van der Waals surface area (Å²) in [6.45, 7) is 0. The van der Waals surface area contributed by atoms with Gasteiger partial charge in [0.1, 0.15) is 22.1 Å². The van der Waals surface area contributed by atoms with Crippen molar-refractivity contribution in [3.63, 3.8) is 0 Å². The maximum absolute atomic E-state index is 13.5. The Hall–Kier alpha value is -2.28. The van der Waals surface area contributed by atoms with Crippen molar-refractivity contribution in [1.82, 2.24) is 0 Å². The smallest absolute Gasteiger partial charge is 0.350 e. The summed E-state index contributed by atoms with van der Waals surface area (Å²) in [5, 5.41) is 3.85. The summed E-state index contributed by atoms with van der Waals surface area (Å²) in [6, 6.07) is 4.57. The molecule has 0 fully saturated rings. The van der Waals surface area contributed by atoms with Gasteiger partial charge in [-0.05, 0) is 23.6 Å². The van der Waals surface area contributed by atoms with E-state index in [4.69, 9.17) is 0 Å². The molecule has 0 aliphatic heterocycles. The third-order valence-electron chi connectivity index (χ3n) is 2.47. The fourth-order valence-corrected chi connectivity index (χ4v) is 2.32. The van der Waals surface area contributed by atoms with Gasteiger partial charge in [-0.2, -0.15) is 0 Å². The molecule has 0 saturated carbocycles. The van der Waals surface area contributed by atoms with Gasteiger partial charge in [0.15, 0.2) is 0 Å². The average Bonchev–Trinajstić information content (AvgIpc) is 2.85. The first-order chi connectivity index (χ1) is 9.54. The van der Waals surface area contributed by atoms with Crippen LogP contribution >= 0.6 is 11.3 Å². The predicted octanol–water partition coefficient (Wildman–Crippen LogP) is 3.07. The van der Waals surface area contributed by atoms with E-state index in [0.717, 1.165) is 29.5 Å². The molecular formula is C13H9F2NO3S. The molecule has 0 aliphatic rings. The summed E-state index contributed by atoms with van der Waals surface area (Å²) in [5.41, 5.74) is -0.552. The minimum atomic E-state index is -0.975. The van der Waals surface area contributed by atoms with Crippen LogP contribution in [0.4, 0.5) is 14.5 Å². The average molecular weight is 297 g/mol. The highest BCUT2D eigenvalue weighted by Gasteiger charge is 2.20. The fraction of sp³-hybridized carbons (Fsp3) is 0.0769. The number of benzene rings is 1. The molecule has 0 unspecified atom stereocenters. The molecule has 4 nitrogen and oxygen atoms in total. The lowest BCUT2D eigenvalue weighted by Crippen LogP contribution is -2.17. The van der Waals surface area contributed by atoms with Crippen LogP contribution in [0.2, 0.25) is 0 Å². The van der Waals surface area contributed by atoms with Crippen LogP contribution in [-0.2, 0) is 4.74 Å². The van der Waals surface area contributed by atoms with Gasteiger partial charge in [-0.15, -0.1) is 11.3 Å². The SMILES string of the molecule is COC(=O)c1sccc1NC(=O)c1c(F)cccc1F. The molecule has 7 heteroatoms. The zero-order valence-corrected chi connectivity index (χ0v) is 11.1. The predicted molar refractivity (Wildman–Crippen MR) is 70.0 cm³/mol. The Kier molecular flexibility index (Phi) is 4.09. The van der Waals surface area contributed by atoms with E-state index in [1.54, 1.807) is 5.38 Å². The molecule has 0 aliphatic carbocycles. The Morgan fingerprint density at radius 2 is 1.85 bits per heavy atom. The van der Waals surface area contributed by atoms with Gasteiger partial charge in [-0.3, -0.25) is 4.79 Å². The van der Waals surface area contributed by atoms with Gasteiger partial charge in [0, 0.05) is 0 Å². The standard InChI is InChI=1S/C13H9F2NO3S/c1-19-13(18)11-9(5-6-20-11)16-12(17)10-7(14)3-2-4-8(10)15/h2-6H,1H3,(H,16,17). The van der Waals surface area contributed by atoms with Gasteiger partial charge in [-0.25, -0.2) is 13.6 Å². The van der Waals surface area contributed by atoms with Crippen molar-refractivity contribution in [2.24, 2.45) is 0 Å². The zero-order valence-electron chi connectivity index (χ0n) is 10.3. The number of nitrogens with one attached hydrogen (secondary N) is 1. The Labute approximate surface area is 117 Å². The Morgan fingerprint density at radius 3 is 2.45 bits per heavy atom. The van der Waals surface area contributed by atoms with Gasteiger partial charge < -0.3 is 10.1 Å². The third-order valence-corrected chi connectivity index (χ3v) is 3.37. The van der Waals surface area contributed by atoms with Crippen LogP contribution < -0.4 is 5.32 Å². The van der Waals surface area contributed by atoms with Crippen LogP contribution in [0.15, 0.2) is 29.6 Å². The van der Waals surface area contributed by atoms with Crippen LogP contribution in [0.25, 0.3) is 0 Å². The number of hydrogen-bond donors (Lipinski definition) is 1. The first-order valence-electron chi connectivity index (χ1n) is 5.45. The maximum Gasteiger partial charge on any atom is 0.350 e. The molecule has 0 spiro atoms. The quantitative estimate of drug-likeness (QED) is 0.886. The first kappa shape index (κ1) is 14.1. The number of thiophene rings is 1. The van der Waals surface area contributed by atoms with Crippen molar-refractivity contribution < 1.29 is 23.1 Å². The maximum atomic E-state index is 13.5. The van der Waals surface area contributed by atoms with Crippen molar-refractivity contribution in [2.75, 3.05) is 12.4 Å². The highest BCUT2D eigenvalue weighted by Crippen LogP contribution is 2.24. The minimum Gasteiger partial charge on any atom is -0.465 e. The normalized spacial score (nSPS) is 10.2. The van der Waals surface area contributed by atoms with E-state index in [1.165, 1.54) is 13.2 Å². The second-order valence-corrected chi connectivity index (χ2v) is 4.62. The van der Waals surface area contributed by atoms with Gasteiger partial charge in [-0.1, -0.05) is 6.07 Å². The highest BCUT2D eigenvalue weighted by molar-refractivity contribution is 7.12.